The Kier molecular flexibility index (Phi) is 8.78. The summed E-state index contributed by atoms with van der Waals surface area (Å²) in [6, 6.07) is 7.12. The van der Waals surface area contributed by atoms with Crippen LogP contribution in [0, 0.1) is 0 Å². The van der Waals surface area contributed by atoms with Gasteiger partial charge in [0.2, 0.25) is 0 Å². The molecule has 102 valence electrons. The van der Waals surface area contributed by atoms with Crippen LogP contribution >= 0.6 is 12.4 Å². The fourth-order valence-corrected chi connectivity index (χ4v) is 1.22. The average Bonchev–Trinajstić information content (AvgIpc) is 2.37. The van der Waals surface area contributed by atoms with Crippen molar-refractivity contribution in [3.8, 4) is 11.5 Å². The maximum atomic E-state index is 11.3. The highest BCUT2D eigenvalue weighted by Crippen LogP contribution is 2.18. The standard InChI is InChI=1S/C12H18N2O3.ClH/c1-16-10-4-2-5-11(8-10)17-9-12(15)14-7-3-6-13;/h2,4-5,8H,3,6-7,9,13H2,1H3,(H,14,15);1H. The molecule has 0 fully saturated rings. The first-order chi connectivity index (χ1) is 8.26. The normalized spacial score (nSPS) is 9.22. The monoisotopic (exact) mass is 274 g/mol. The Morgan fingerprint density at radius 2 is 2.11 bits per heavy atom. The van der Waals surface area contributed by atoms with Crippen LogP contribution in [0.1, 0.15) is 6.42 Å². The number of halogens is 1. The third kappa shape index (κ3) is 6.32. The fraction of sp³-hybridized carbons (Fsp3) is 0.417. The lowest BCUT2D eigenvalue weighted by Crippen LogP contribution is -2.30. The van der Waals surface area contributed by atoms with Crippen molar-refractivity contribution in [2.24, 2.45) is 5.73 Å². The van der Waals surface area contributed by atoms with E-state index in [1.54, 1.807) is 25.3 Å². The zero-order valence-corrected chi connectivity index (χ0v) is 11.2. The van der Waals surface area contributed by atoms with Gasteiger partial charge in [-0.15, -0.1) is 12.4 Å². The first-order valence-corrected chi connectivity index (χ1v) is 5.50. The molecule has 0 radical (unpaired) electrons. The van der Waals surface area contributed by atoms with Crippen molar-refractivity contribution >= 4 is 18.3 Å². The molecule has 0 aliphatic carbocycles. The molecule has 6 heteroatoms. The van der Waals surface area contributed by atoms with Gasteiger partial charge in [-0.2, -0.15) is 0 Å². The molecule has 1 aromatic rings. The van der Waals surface area contributed by atoms with E-state index in [1.165, 1.54) is 0 Å². The predicted molar refractivity (Wildman–Crippen MR) is 72.4 cm³/mol. The summed E-state index contributed by atoms with van der Waals surface area (Å²) in [6.07, 6.45) is 0.769. The van der Waals surface area contributed by atoms with Crippen LogP contribution in [0.25, 0.3) is 0 Å². The van der Waals surface area contributed by atoms with E-state index in [0.717, 1.165) is 6.42 Å². The molecule has 0 saturated carbocycles. The van der Waals surface area contributed by atoms with E-state index in [4.69, 9.17) is 15.2 Å². The van der Waals surface area contributed by atoms with Gasteiger partial charge < -0.3 is 20.5 Å². The minimum atomic E-state index is -0.152. The van der Waals surface area contributed by atoms with Crippen molar-refractivity contribution in [1.82, 2.24) is 5.32 Å². The number of nitrogens with one attached hydrogen (secondary N) is 1. The summed E-state index contributed by atoms with van der Waals surface area (Å²) in [5, 5.41) is 2.71. The van der Waals surface area contributed by atoms with Crippen LogP contribution in [0.15, 0.2) is 24.3 Å². The summed E-state index contributed by atoms with van der Waals surface area (Å²) in [5.74, 6) is 1.16. The second kappa shape index (κ2) is 9.56. The van der Waals surface area contributed by atoms with E-state index < -0.39 is 0 Å². The Bertz CT molecular complexity index is 361. The first-order valence-electron chi connectivity index (χ1n) is 5.50. The second-order valence-electron chi connectivity index (χ2n) is 3.46. The van der Waals surface area contributed by atoms with Gasteiger partial charge in [0.15, 0.2) is 6.61 Å². The molecule has 0 heterocycles. The number of rotatable bonds is 7. The van der Waals surface area contributed by atoms with Gasteiger partial charge in [0, 0.05) is 12.6 Å². The summed E-state index contributed by atoms with van der Waals surface area (Å²) in [7, 11) is 1.58. The third-order valence-electron chi connectivity index (χ3n) is 2.11. The molecule has 18 heavy (non-hydrogen) atoms. The molecule has 1 aromatic carbocycles. The zero-order chi connectivity index (χ0) is 12.5. The van der Waals surface area contributed by atoms with E-state index in [2.05, 4.69) is 5.32 Å². The maximum absolute atomic E-state index is 11.3. The van der Waals surface area contributed by atoms with Gasteiger partial charge in [-0.1, -0.05) is 6.07 Å². The average molecular weight is 275 g/mol. The van der Waals surface area contributed by atoms with Crippen LogP contribution < -0.4 is 20.5 Å². The summed E-state index contributed by atoms with van der Waals surface area (Å²) in [6.45, 7) is 1.14. The minimum Gasteiger partial charge on any atom is -0.497 e. The van der Waals surface area contributed by atoms with E-state index in [1.807, 2.05) is 6.07 Å². The van der Waals surface area contributed by atoms with Gasteiger partial charge in [-0.3, -0.25) is 4.79 Å². The van der Waals surface area contributed by atoms with Gasteiger partial charge in [0.05, 0.1) is 7.11 Å². The van der Waals surface area contributed by atoms with Crippen molar-refractivity contribution < 1.29 is 14.3 Å². The number of benzene rings is 1. The van der Waals surface area contributed by atoms with Gasteiger partial charge in [0.1, 0.15) is 11.5 Å². The lowest BCUT2D eigenvalue weighted by Gasteiger charge is -2.08. The van der Waals surface area contributed by atoms with Gasteiger partial charge in [-0.05, 0) is 25.1 Å². The number of carbonyl (C=O) groups excluding carboxylic acids is 1. The number of methoxy groups -OCH3 is 1. The van der Waals surface area contributed by atoms with E-state index >= 15 is 0 Å². The molecular formula is C12H19ClN2O3. The van der Waals surface area contributed by atoms with Gasteiger partial charge in [-0.25, -0.2) is 0 Å². The lowest BCUT2D eigenvalue weighted by atomic mass is 10.3. The summed E-state index contributed by atoms with van der Waals surface area (Å²) in [5.41, 5.74) is 5.32. The third-order valence-corrected chi connectivity index (χ3v) is 2.11. The second-order valence-corrected chi connectivity index (χ2v) is 3.46. The van der Waals surface area contributed by atoms with Crippen LogP contribution in [-0.2, 0) is 4.79 Å². The van der Waals surface area contributed by atoms with Crippen molar-refractivity contribution in [2.75, 3.05) is 26.8 Å². The first kappa shape index (κ1) is 16.5. The molecule has 0 aliphatic rings. The molecule has 0 saturated heterocycles. The van der Waals surface area contributed by atoms with E-state index in [9.17, 15) is 4.79 Å². The van der Waals surface area contributed by atoms with Crippen molar-refractivity contribution in [2.45, 2.75) is 6.42 Å². The Balaban J connectivity index is 0.00000289. The quantitative estimate of drug-likeness (QED) is 0.727. The fourth-order valence-electron chi connectivity index (χ4n) is 1.22. The van der Waals surface area contributed by atoms with Crippen LogP contribution in [-0.4, -0.2) is 32.7 Å². The van der Waals surface area contributed by atoms with Crippen LogP contribution in [0.2, 0.25) is 0 Å². The maximum Gasteiger partial charge on any atom is 0.257 e. The van der Waals surface area contributed by atoms with Crippen LogP contribution in [0.5, 0.6) is 11.5 Å². The Morgan fingerprint density at radius 1 is 1.39 bits per heavy atom. The number of hydrogen-bond acceptors (Lipinski definition) is 4. The molecule has 1 amide bonds. The number of ether oxygens (including phenoxy) is 2. The molecular weight excluding hydrogens is 256 g/mol. The van der Waals surface area contributed by atoms with E-state index in [-0.39, 0.29) is 24.9 Å². The molecule has 0 atom stereocenters. The van der Waals surface area contributed by atoms with Crippen LogP contribution in [0.3, 0.4) is 0 Å². The lowest BCUT2D eigenvalue weighted by molar-refractivity contribution is -0.123. The number of amides is 1. The van der Waals surface area contributed by atoms with Gasteiger partial charge in [0.25, 0.3) is 5.91 Å². The molecule has 5 nitrogen and oxygen atoms in total. The van der Waals surface area contributed by atoms with Crippen LogP contribution in [0.4, 0.5) is 0 Å². The molecule has 0 aromatic heterocycles. The molecule has 3 N–H and O–H groups in total. The highest BCUT2D eigenvalue weighted by Gasteiger charge is 2.02. The molecule has 0 spiro atoms. The summed E-state index contributed by atoms with van der Waals surface area (Å²) in [4.78, 5) is 11.3. The summed E-state index contributed by atoms with van der Waals surface area (Å²) < 4.78 is 10.4. The predicted octanol–water partition coefficient (Wildman–Crippen LogP) is 0.961. The van der Waals surface area contributed by atoms with Crippen molar-refractivity contribution in [3.63, 3.8) is 0 Å². The minimum absolute atomic E-state index is 0. The zero-order valence-electron chi connectivity index (χ0n) is 10.3. The largest absolute Gasteiger partial charge is 0.497 e. The van der Waals surface area contributed by atoms with Crippen molar-refractivity contribution in [1.29, 1.82) is 0 Å². The number of hydrogen-bond donors (Lipinski definition) is 2. The topological polar surface area (TPSA) is 73.6 Å². The Hall–Kier alpha value is -1.46. The molecule has 0 unspecified atom stereocenters. The SMILES string of the molecule is COc1cccc(OCC(=O)NCCCN)c1.Cl. The Labute approximate surface area is 113 Å². The van der Waals surface area contributed by atoms with Gasteiger partial charge >= 0.3 is 0 Å². The molecule has 1 rings (SSSR count). The number of carbonyl (C=O) groups is 1. The number of nitrogens with two attached hydrogens (primary N) is 1. The highest BCUT2D eigenvalue weighted by atomic mass is 35.5. The summed E-state index contributed by atoms with van der Waals surface area (Å²) >= 11 is 0. The Morgan fingerprint density at radius 3 is 2.78 bits per heavy atom. The van der Waals surface area contributed by atoms with E-state index in [0.29, 0.717) is 24.6 Å². The molecule has 0 bridgehead atoms. The van der Waals surface area contributed by atoms with Crippen molar-refractivity contribution in [3.05, 3.63) is 24.3 Å². The highest BCUT2D eigenvalue weighted by molar-refractivity contribution is 5.85. The molecule has 0 aliphatic heterocycles. The smallest absolute Gasteiger partial charge is 0.257 e.